The van der Waals surface area contributed by atoms with E-state index in [0.29, 0.717) is 34.4 Å². The molecule has 0 unspecified atom stereocenters. The van der Waals surface area contributed by atoms with E-state index in [0.717, 1.165) is 21.3 Å². The van der Waals surface area contributed by atoms with E-state index < -0.39 is 0 Å². The van der Waals surface area contributed by atoms with E-state index in [1.54, 1.807) is 47.4 Å². The molecule has 0 aliphatic rings. The molecule has 1 heterocycles. The van der Waals surface area contributed by atoms with Crippen LogP contribution >= 0.6 is 39.1 Å². The third-order valence-electron chi connectivity index (χ3n) is 4.66. The fourth-order valence-corrected chi connectivity index (χ4v) is 3.98. The van der Waals surface area contributed by atoms with Gasteiger partial charge in [0.2, 0.25) is 0 Å². The van der Waals surface area contributed by atoms with E-state index in [9.17, 15) is 4.79 Å². The number of hydrogen-bond donors (Lipinski definition) is 1. The first kappa shape index (κ1) is 22.4. The van der Waals surface area contributed by atoms with Gasteiger partial charge in [-0.2, -0.15) is 5.10 Å². The quantitative estimate of drug-likeness (QED) is 0.285. The predicted octanol–water partition coefficient (Wildman–Crippen LogP) is 6.83. The molecule has 4 rings (SSSR count). The highest BCUT2D eigenvalue weighted by Gasteiger charge is 2.11. The number of aromatic nitrogens is 2. The highest BCUT2D eigenvalue weighted by Crippen LogP contribution is 2.25. The second-order valence-electron chi connectivity index (χ2n) is 7.03. The molecule has 162 valence electrons. The normalized spacial score (nSPS) is 10.7. The van der Waals surface area contributed by atoms with Crippen LogP contribution in [-0.4, -0.2) is 15.7 Å². The van der Waals surface area contributed by atoms with Crippen LogP contribution in [0, 0.1) is 0 Å². The molecule has 4 aromatic rings. The van der Waals surface area contributed by atoms with Gasteiger partial charge in [-0.1, -0.05) is 63.4 Å². The summed E-state index contributed by atoms with van der Waals surface area (Å²) in [6, 6.07) is 20.3. The maximum atomic E-state index is 12.7. The molecule has 0 aliphatic carbocycles. The summed E-state index contributed by atoms with van der Waals surface area (Å²) in [4.78, 5) is 12.7. The SMILES string of the molecule is O=C(Nc1cnn(Cc2c(Cl)cccc2Cl)c1)c1cccc(COc2cccc(Br)c2)c1. The van der Waals surface area contributed by atoms with E-state index in [-0.39, 0.29) is 5.91 Å². The second-order valence-corrected chi connectivity index (χ2v) is 8.76. The Balaban J connectivity index is 1.39. The first-order chi connectivity index (χ1) is 15.5. The van der Waals surface area contributed by atoms with Crippen molar-refractivity contribution in [3.63, 3.8) is 0 Å². The Kier molecular flexibility index (Phi) is 7.15. The van der Waals surface area contributed by atoms with Gasteiger partial charge in [0.15, 0.2) is 0 Å². The molecular weight excluding hydrogens is 513 g/mol. The van der Waals surface area contributed by atoms with Crippen molar-refractivity contribution < 1.29 is 9.53 Å². The van der Waals surface area contributed by atoms with Crippen LogP contribution in [0.15, 0.2) is 83.6 Å². The number of benzene rings is 3. The number of ether oxygens (including phenoxy) is 1. The minimum atomic E-state index is -0.232. The van der Waals surface area contributed by atoms with Crippen molar-refractivity contribution in [2.45, 2.75) is 13.2 Å². The highest BCUT2D eigenvalue weighted by molar-refractivity contribution is 9.10. The van der Waals surface area contributed by atoms with Crippen molar-refractivity contribution in [2.75, 3.05) is 5.32 Å². The molecule has 8 heteroatoms. The summed E-state index contributed by atoms with van der Waals surface area (Å²) in [5, 5.41) is 8.30. The summed E-state index contributed by atoms with van der Waals surface area (Å²) in [6.07, 6.45) is 3.32. The van der Waals surface area contributed by atoms with E-state index in [1.165, 1.54) is 0 Å². The molecule has 0 saturated carbocycles. The van der Waals surface area contributed by atoms with Crippen molar-refractivity contribution >= 4 is 50.7 Å². The van der Waals surface area contributed by atoms with Crippen LogP contribution in [-0.2, 0) is 13.2 Å². The van der Waals surface area contributed by atoms with Crippen molar-refractivity contribution in [1.82, 2.24) is 9.78 Å². The molecule has 5 nitrogen and oxygen atoms in total. The molecule has 0 atom stereocenters. The average molecular weight is 531 g/mol. The van der Waals surface area contributed by atoms with Crippen molar-refractivity contribution in [2.24, 2.45) is 0 Å². The lowest BCUT2D eigenvalue weighted by Crippen LogP contribution is -2.12. The van der Waals surface area contributed by atoms with Gasteiger partial charge in [-0.15, -0.1) is 0 Å². The van der Waals surface area contributed by atoms with Crippen LogP contribution in [0.25, 0.3) is 0 Å². The molecule has 0 bridgehead atoms. The maximum Gasteiger partial charge on any atom is 0.255 e. The lowest BCUT2D eigenvalue weighted by Gasteiger charge is -2.08. The van der Waals surface area contributed by atoms with E-state index in [2.05, 4.69) is 26.3 Å². The lowest BCUT2D eigenvalue weighted by atomic mass is 10.1. The first-order valence-corrected chi connectivity index (χ1v) is 11.3. The van der Waals surface area contributed by atoms with Gasteiger partial charge in [0.25, 0.3) is 5.91 Å². The monoisotopic (exact) mass is 529 g/mol. The van der Waals surface area contributed by atoms with Gasteiger partial charge in [0.05, 0.1) is 18.4 Å². The Bertz CT molecular complexity index is 1240. The molecular formula is C24H18BrCl2N3O2. The number of carbonyl (C=O) groups excluding carboxylic acids is 1. The van der Waals surface area contributed by atoms with Crippen LogP contribution in [0.1, 0.15) is 21.5 Å². The van der Waals surface area contributed by atoms with Gasteiger partial charge in [-0.05, 0) is 48.0 Å². The zero-order valence-corrected chi connectivity index (χ0v) is 19.9. The molecule has 1 amide bonds. The number of rotatable bonds is 7. The number of halogens is 3. The third-order valence-corrected chi connectivity index (χ3v) is 5.87. The Morgan fingerprint density at radius 3 is 2.56 bits per heavy atom. The minimum Gasteiger partial charge on any atom is -0.489 e. The van der Waals surface area contributed by atoms with Gasteiger partial charge >= 0.3 is 0 Å². The standard InChI is InChI=1S/C24H18BrCl2N3O2/c25-18-6-2-7-20(11-18)32-15-16-4-1-5-17(10-16)24(31)29-19-12-28-30(13-19)14-21-22(26)8-3-9-23(21)27/h1-13H,14-15H2,(H,29,31). The summed E-state index contributed by atoms with van der Waals surface area (Å²) in [7, 11) is 0. The smallest absolute Gasteiger partial charge is 0.255 e. The fourth-order valence-electron chi connectivity index (χ4n) is 3.09. The molecule has 32 heavy (non-hydrogen) atoms. The molecule has 0 saturated heterocycles. The third kappa shape index (κ3) is 5.71. The molecule has 0 fully saturated rings. The van der Waals surface area contributed by atoms with Gasteiger partial charge < -0.3 is 10.1 Å². The summed E-state index contributed by atoms with van der Waals surface area (Å²) in [5.74, 6) is 0.518. The van der Waals surface area contributed by atoms with E-state index >= 15 is 0 Å². The minimum absolute atomic E-state index is 0.232. The van der Waals surface area contributed by atoms with Gasteiger partial charge in [-0.3, -0.25) is 9.48 Å². The van der Waals surface area contributed by atoms with E-state index in [1.807, 2.05) is 36.4 Å². The Hall–Kier alpha value is -2.80. The highest BCUT2D eigenvalue weighted by atomic mass is 79.9. The molecule has 1 aromatic heterocycles. The van der Waals surface area contributed by atoms with Crippen molar-refractivity contribution in [3.8, 4) is 5.75 Å². The Morgan fingerprint density at radius 1 is 1.03 bits per heavy atom. The van der Waals surface area contributed by atoms with Gasteiger partial charge in [0, 0.05) is 31.8 Å². The Morgan fingerprint density at radius 2 is 1.78 bits per heavy atom. The summed E-state index contributed by atoms with van der Waals surface area (Å²) < 4.78 is 8.42. The second kappa shape index (κ2) is 10.2. The van der Waals surface area contributed by atoms with Crippen LogP contribution in [0.4, 0.5) is 5.69 Å². The average Bonchev–Trinajstić information content (AvgIpc) is 3.22. The van der Waals surface area contributed by atoms with E-state index in [4.69, 9.17) is 27.9 Å². The summed E-state index contributed by atoms with van der Waals surface area (Å²) >= 11 is 15.9. The van der Waals surface area contributed by atoms with Crippen LogP contribution in [0.3, 0.4) is 0 Å². The number of anilines is 1. The van der Waals surface area contributed by atoms with Crippen LogP contribution in [0.5, 0.6) is 5.75 Å². The molecule has 0 spiro atoms. The van der Waals surface area contributed by atoms with Crippen molar-refractivity contribution in [1.29, 1.82) is 0 Å². The predicted molar refractivity (Wildman–Crippen MR) is 131 cm³/mol. The molecule has 3 aromatic carbocycles. The van der Waals surface area contributed by atoms with Gasteiger partial charge in [-0.25, -0.2) is 0 Å². The fraction of sp³-hybridized carbons (Fsp3) is 0.0833. The Labute approximate surface area is 204 Å². The van der Waals surface area contributed by atoms with Gasteiger partial charge in [0.1, 0.15) is 12.4 Å². The number of carbonyl (C=O) groups is 1. The summed E-state index contributed by atoms with van der Waals surface area (Å²) in [6.45, 7) is 0.755. The maximum absolute atomic E-state index is 12.7. The topological polar surface area (TPSA) is 56.2 Å². The lowest BCUT2D eigenvalue weighted by molar-refractivity contribution is 0.102. The number of hydrogen-bond acceptors (Lipinski definition) is 3. The molecule has 0 aliphatic heterocycles. The summed E-state index contributed by atoms with van der Waals surface area (Å²) in [5.41, 5.74) is 2.77. The van der Waals surface area contributed by atoms with Crippen molar-refractivity contribution in [3.05, 3.63) is 110 Å². The molecule has 0 radical (unpaired) electrons. The zero-order chi connectivity index (χ0) is 22.5. The van der Waals surface area contributed by atoms with Crippen LogP contribution < -0.4 is 10.1 Å². The largest absolute Gasteiger partial charge is 0.489 e. The number of nitrogens with zero attached hydrogens (tertiary/aromatic N) is 2. The van der Waals surface area contributed by atoms with Crippen LogP contribution in [0.2, 0.25) is 10.0 Å². The molecule has 1 N–H and O–H groups in total. The first-order valence-electron chi connectivity index (χ1n) is 9.72. The number of amides is 1. The number of nitrogens with one attached hydrogen (secondary N) is 1. The zero-order valence-electron chi connectivity index (χ0n) is 16.8.